The Morgan fingerprint density at radius 2 is 1.86 bits per heavy atom. The zero-order valence-electron chi connectivity index (χ0n) is 22.6. The summed E-state index contributed by atoms with van der Waals surface area (Å²) in [6.07, 6.45) is -0.831. The Balaban J connectivity index is 2.05. The maximum absolute atomic E-state index is 13.1. The Kier molecular flexibility index (Phi) is 10.4. The number of hydrogen-bond donors (Lipinski definition) is 4. The van der Waals surface area contributed by atoms with Gasteiger partial charge in [-0.2, -0.15) is 0 Å². The van der Waals surface area contributed by atoms with Gasteiger partial charge in [0.2, 0.25) is 17.7 Å². The lowest BCUT2D eigenvalue weighted by atomic mass is 9.86. The number of anilines is 1. The molecule has 0 aromatic heterocycles. The van der Waals surface area contributed by atoms with Gasteiger partial charge in [-0.05, 0) is 58.2 Å². The zero-order chi connectivity index (χ0) is 28.3. The van der Waals surface area contributed by atoms with Crippen LogP contribution in [0, 0.1) is 17.3 Å². The van der Waals surface area contributed by atoms with Gasteiger partial charge in [0.25, 0.3) is 0 Å². The van der Waals surface area contributed by atoms with Gasteiger partial charge < -0.3 is 26.8 Å². The molecule has 1 aromatic rings. The maximum Gasteiger partial charge on any atom is 0.241 e. The van der Waals surface area contributed by atoms with Crippen LogP contribution in [0.3, 0.4) is 0 Å². The summed E-state index contributed by atoms with van der Waals surface area (Å²) in [5.41, 5.74) is 11.0. The third kappa shape index (κ3) is 8.04. The number of piperazine rings is 1. The van der Waals surface area contributed by atoms with E-state index < -0.39 is 34.9 Å². The highest BCUT2D eigenvalue weighted by Gasteiger charge is 2.40. The van der Waals surface area contributed by atoms with E-state index in [1.54, 1.807) is 36.9 Å². The molecule has 0 unspecified atom stereocenters. The van der Waals surface area contributed by atoms with Gasteiger partial charge in [-0.25, -0.2) is 0 Å². The molecule has 11 heteroatoms. The summed E-state index contributed by atoms with van der Waals surface area (Å²) in [6, 6.07) is 4.31. The molecule has 1 aliphatic rings. The van der Waals surface area contributed by atoms with Gasteiger partial charge in [0.15, 0.2) is 0 Å². The van der Waals surface area contributed by atoms with Crippen molar-refractivity contribution in [2.75, 3.05) is 31.1 Å². The molecular weight excluding hydrogens is 517 g/mol. The van der Waals surface area contributed by atoms with Gasteiger partial charge in [-0.1, -0.05) is 37.0 Å². The number of amides is 3. The highest BCUT2D eigenvalue weighted by molar-refractivity contribution is 6.35. The topological polar surface area (TPSA) is 142 Å². The number of benzene rings is 1. The molecule has 1 aromatic carbocycles. The monoisotopic (exact) mass is 557 g/mol. The van der Waals surface area contributed by atoms with Crippen LogP contribution in [0.1, 0.15) is 48.0 Å². The van der Waals surface area contributed by atoms with Crippen molar-refractivity contribution in [1.82, 2.24) is 10.2 Å². The number of aliphatic hydroxyl groups is 1. The molecule has 37 heavy (non-hydrogen) atoms. The van der Waals surface area contributed by atoms with Crippen molar-refractivity contribution in [2.24, 2.45) is 28.7 Å². The number of hydrogen-bond acceptors (Lipinski definition) is 6. The van der Waals surface area contributed by atoms with Crippen LogP contribution in [0.25, 0.3) is 0 Å². The molecule has 6 N–H and O–H groups in total. The van der Waals surface area contributed by atoms with Crippen LogP contribution in [0.4, 0.5) is 5.69 Å². The van der Waals surface area contributed by atoms with Crippen LogP contribution in [-0.4, -0.2) is 71.6 Å². The largest absolute Gasteiger partial charge is 0.391 e. The highest BCUT2D eigenvalue weighted by Crippen LogP contribution is 2.33. The van der Waals surface area contributed by atoms with Gasteiger partial charge in [0.05, 0.1) is 28.8 Å². The second-order valence-corrected chi connectivity index (χ2v) is 12.4. The van der Waals surface area contributed by atoms with E-state index in [1.165, 1.54) is 0 Å². The molecule has 1 fully saturated rings. The van der Waals surface area contributed by atoms with E-state index in [0.717, 1.165) is 0 Å². The third-order valence-corrected chi connectivity index (χ3v) is 7.72. The SMILES string of the molecule is CC(C)[C@H](C[C@H](O)[C@@H](N)CN1CC(=O)N(c2cc(Cl)ccc2Cl)CC1(C)C)C(=O)NCC(C)(C)C(N)=O. The van der Waals surface area contributed by atoms with Crippen LogP contribution in [0.15, 0.2) is 18.2 Å². The Morgan fingerprint density at radius 1 is 1.24 bits per heavy atom. The molecule has 0 saturated carbocycles. The molecule has 2 rings (SSSR count). The third-order valence-electron chi connectivity index (χ3n) is 7.16. The minimum Gasteiger partial charge on any atom is -0.391 e. The average molecular weight is 559 g/mol. The lowest BCUT2D eigenvalue weighted by Gasteiger charge is -2.48. The first-order valence-corrected chi connectivity index (χ1v) is 13.2. The summed E-state index contributed by atoms with van der Waals surface area (Å²) in [5, 5.41) is 14.6. The van der Waals surface area contributed by atoms with E-state index in [0.29, 0.717) is 22.3 Å². The fraction of sp³-hybridized carbons (Fsp3) is 0.654. The van der Waals surface area contributed by atoms with Crippen LogP contribution >= 0.6 is 23.2 Å². The van der Waals surface area contributed by atoms with Crippen molar-refractivity contribution >= 4 is 46.6 Å². The smallest absolute Gasteiger partial charge is 0.241 e. The number of halogens is 2. The molecule has 0 bridgehead atoms. The van der Waals surface area contributed by atoms with E-state index in [-0.39, 0.29) is 43.8 Å². The van der Waals surface area contributed by atoms with Crippen molar-refractivity contribution in [1.29, 1.82) is 0 Å². The Bertz CT molecular complexity index is 1000. The molecule has 1 heterocycles. The summed E-state index contributed by atoms with van der Waals surface area (Å²) < 4.78 is 0. The lowest BCUT2D eigenvalue weighted by molar-refractivity contribution is -0.130. The Hall–Kier alpha value is -1.91. The first kappa shape index (κ1) is 31.3. The maximum atomic E-state index is 13.1. The molecular formula is C26H41Cl2N5O4. The number of primary amides is 1. The van der Waals surface area contributed by atoms with Gasteiger partial charge in [0, 0.05) is 42.2 Å². The fourth-order valence-electron chi connectivity index (χ4n) is 4.28. The second-order valence-electron chi connectivity index (χ2n) is 11.6. The summed E-state index contributed by atoms with van der Waals surface area (Å²) >= 11 is 12.5. The molecule has 1 aliphatic heterocycles. The first-order valence-electron chi connectivity index (χ1n) is 12.5. The standard InChI is InChI=1S/C26H41Cl2N5O4/c1-15(2)17(23(36)31-13-25(3,4)24(30)37)10-21(34)19(29)11-32-12-22(35)33(14-26(32,5)6)20-9-16(27)7-8-18(20)28/h7-9,15,17,19,21,34H,10-14,29H2,1-6H3,(H2,30,37)(H,31,36)/t17-,19-,21-/m0/s1. The molecule has 0 aliphatic carbocycles. The number of nitrogens with one attached hydrogen (secondary N) is 1. The van der Waals surface area contributed by atoms with Crippen molar-refractivity contribution in [3.63, 3.8) is 0 Å². The van der Waals surface area contributed by atoms with Gasteiger partial charge in [-0.15, -0.1) is 0 Å². The molecule has 9 nitrogen and oxygen atoms in total. The fourth-order valence-corrected chi connectivity index (χ4v) is 4.67. The van der Waals surface area contributed by atoms with Crippen LogP contribution < -0.4 is 21.7 Å². The second kappa shape index (κ2) is 12.3. The molecule has 1 saturated heterocycles. The molecule has 0 spiro atoms. The van der Waals surface area contributed by atoms with Gasteiger partial charge in [0.1, 0.15) is 0 Å². The number of rotatable bonds is 11. The Morgan fingerprint density at radius 3 is 2.43 bits per heavy atom. The highest BCUT2D eigenvalue weighted by atomic mass is 35.5. The van der Waals surface area contributed by atoms with E-state index in [1.807, 2.05) is 32.6 Å². The quantitative estimate of drug-likeness (QED) is 0.329. The van der Waals surface area contributed by atoms with Crippen molar-refractivity contribution in [3.05, 3.63) is 28.2 Å². The normalized spacial score (nSPS) is 19.0. The lowest BCUT2D eigenvalue weighted by Crippen LogP contribution is -2.64. The van der Waals surface area contributed by atoms with Crippen molar-refractivity contribution in [2.45, 2.75) is 65.6 Å². The Labute approximate surface area is 229 Å². The zero-order valence-corrected chi connectivity index (χ0v) is 24.1. The molecule has 208 valence electrons. The van der Waals surface area contributed by atoms with E-state index in [2.05, 4.69) is 5.32 Å². The summed E-state index contributed by atoms with van der Waals surface area (Å²) in [7, 11) is 0. The first-order chi connectivity index (χ1) is 17.0. The number of nitrogens with zero attached hydrogens (tertiary/aromatic N) is 2. The van der Waals surface area contributed by atoms with Crippen molar-refractivity contribution in [3.8, 4) is 0 Å². The number of carbonyl (C=O) groups is 3. The minimum absolute atomic E-state index is 0.0671. The van der Waals surface area contributed by atoms with Crippen molar-refractivity contribution < 1.29 is 19.5 Å². The van der Waals surface area contributed by atoms with E-state index in [4.69, 9.17) is 34.7 Å². The minimum atomic E-state index is -0.978. The summed E-state index contributed by atoms with van der Waals surface area (Å²) in [4.78, 5) is 41.1. The van der Waals surface area contributed by atoms with E-state index >= 15 is 0 Å². The average Bonchev–Trinajstić information content (AvgIpc) is 2.79. The predicted molar refractivity (Wildman–Crippen MR) is 147 cm³/mol. The molecule has 3 amide bonds. The summed E-state index contributed by atoms with van der Waals surface area (Å²) in [6.45, 7) is 11.9. The summed E-state index contributed by atoms with van der Waals surface area (Å²) in [5.74, 6) is -1.51. The predicted octanol–water partition coefficient (Wildman–Crippen LogP) is 2.40. The van der Waals surface area contributed by atoms with Crippen LogP contribution in [0.5, 0.6) is 0 Å². The van der Waals surface area contributed by atoms with Crippen LogP contribution in [0.2, 0.25) is 10.0 Å². The molecule has 0 radical (unpaired) electrons. The number of carbonyl (C=O) groups excluding carboxylic acids is 3. The molecule has 3 atom stereocenters. The number of nitrogens with two attached hydrogens (primary N) is 2. The van der Waals surface area contributed by atoms with Crippen LogP contribution in [-0.2, 0) is 14.4 Å². The van der Waals surface area contributed by atoms with E-state index in [9.17, 15) is 19.5 Å². The van der Waals surface area contributed by atoms with Gasteiger partial charge >= 0.3 is 0 Å². The van der Waals surface area contributed by atoms with Gasteiger partial charge in [-0.3, -0.25) is 19.3 Å². The number of aliphatic hydroxyl groups excluding tert-OH is 1.